The van der Waals surface area contributed by atoms with Gasteiger partial charge in [0, 0.05) is 30.8 Å². The minimum atomic E-state index is -4.74. The lowest BCUT2D eigenvalue weighted by molar-refractivity contribution is -0.136. The van der Waals surface area contributed by atoms with Crippen LogP contribution in [0, 0.1) is 12.8 Å². The van der Waals surface area contributed by atoms with Gasteiger partial charge in [-0.15, -0.1) is 0 Å². The Hall–Kier alpha value is -4.75. The Balaban J connectivity index is 1.35. The fourth-order valence-corrected chi connectivity index (χ4v) is 4.79. The number of benzene rings is 1. The van der Waals surface area contributed by atoms with Gasteiger partial charge in [-0.3, -0.25) is 14.2 Å². The minimum absolute atomic E-state index is 0.00203. The zero-order valence-electron chi connectivity index (χ0n) is 21.7. The van der Waals surface area contributed by atoms with E-state index in [2.05, 4.69) is 20.4 Å². The average molecular weight is 572 g/mol. The lowest BCUT2D eigenvalue weighted by atomic mass is 10.0. The minimum Gasteiger partial charge on any atom is -0.445 e. The predicted molar refractivity (Wildman–Crippen MR) is 139 cm³/mol. The second kappa shape index (κ2) is 11.0. The molecule has 4 aromatic rings. The molecule has 0 saturated carbocycles. The number of carbonyl (C=O) groups is 2. The van der Waals surface area contributed by atoms with Crippen LogP contribution in [-0.2, 0) is 17.5 Å². The molecule has 4 heterocycles. The number of pyridine rings is 1. The second-order valence-electron chi connectivity index (χ2n) is 9.64. The van der Waals surface area contributed by atoms with Crippen LogP contribution in [0.15, 0.2) is 55.0 Å². The van der Waals surface area contributed by atoms with Crippen molar-refractivity contribution in [3.8, 4) is 11.3 Å². The monoisotopic (exact) mass is 571 g/mol. The summed E-state index contributed by atoms with van der Waals surface area (Å²) in [5, 5.41) is 6.67. The molecule has 2 unspecified atom stereocenters. The van der Waals surface area contributed by atoms with E-state index in [4.69, 9.17) is 10.5 Å². The lowest BCUT2D eigenvalue weighted by Crippen LogP contribution is -2.42. The molecule has 3 aromatic heterocycles. The van der Waals surface area contributed by atoms with Gasteiger partial charge in [-0.05, 0) is 24.6 Å². The molecule has 1 aliphatic rings. The number of anilines is 1. The molecule has 214 valence electrons. The highest BCUT2D eigenvalue weighted by molar-refractivity contribution is 5.96. The van der Waals surface area contributed by atoms with Gasteiger partial charge >= 0.3 is 12.3 Å². The van der Waals surface area contributed by atoms with E-state index in [9.17, 15) is 27.2 Å². The van der Waals surface area contributed by atoms with Crippen molar-refractivity contribution in [2.45, 2.75) is 25.7 Å². The first kappa shape index (κ1) is 27.8. The second-order valence-corrected chi connectivity index (χ2v) is 9.64. The van der Waals surface area contributed by atoms with Crippen molar-refractivity contribution in [3.63, 3.8) is 0 Å². The first-order valence-electron chi connectivity index (χ1n) is 12.6. The van der Waals surface area contributed by atoms with E-state index in [1.165, 1.54) is 17.2 Å². The SMILES string of the molecule is Cc1ncc(-c2cc(C(F)(F)F)c3c(N)ncnn23)cc1C(=O)NC1CN(C(=O)OCc2ccccc2)CC1CF. The van der Waals surface area contributed by atoms with Crippen LogP contribution in [0.5, 0.6) is 0 Å². The summed E-state index contributed by atoms with van der Waals surface area (Å²) in [4.78, 5) is 35.1. The van der Waals surface area contributed by atoms with Crippen LogP contribution >= 0.6 is 0 Å². The number of amides is 2. The third kappa shape index (κ3) is 5.62. The molecule has 2 amide bonds. The third-order valence-corrected chi connectivity index (χ3v) is 6.93. The molecule has 1 fully saturated rings. The number of hydrogen-bond acceptors (Lipinski definition) is 7. The van der Waals surface area contributed by atoms with Gasteiger partial charge in [0.05, 0.1) is 35.2 Å². The van der Waals surface area contributed by atoms with Crippen molar-refractivity contribution >= 4 is 23.3 Å². The molecule has 5 rings (SSSR count). The molecule has 3 N–H and O–H groups in total. The van der Waals surface area contributed by atoms with Gasteiger partial charge in [0.15, 0.2) is 5.82 Å². The zero-order valence-corrected chi connectivity index (χ0v) is 21.7. The van der Waals surface area contributed by atoms with Crippen molar-refractivity contribution in [1.82, 2.24) is 29.8 Å². The predicted octanol–water partition coefficient (Wildman–Crippen LogP) is 4.04. The Morgan fingerprint density at radius 1 is 1.15 bits per heavy atom. The number of hydrogen-bond donors (Lipinski definition) is 2. The summed E-state index contributed by atoms with van der Waals surface area (Å²) in [6.45, 7) is 0.886. The van der Waals surface area contributed by atoms with Crippen molar-refractivity contribution in [3.05, 3.63) is 77.4 Å². The van der Waals surface area contributed by atoms with Crippen LogP contribution in [-0.4, -0.2) is 62.3 Å². The van der Waals surface area contributed by atoms with E-state index in [1.807, 2.05) is 18.2 Å². The standard InChI is InChI=1S/C27H25F4N7O3/c1-15-19(7-17(10-33-15)22-8-20(27(29,30)31)23-24(32)34-14-35-38(22)23)25(39)36-21-12-37(11-18(21)9-28)26(40)41-13-16-5-3-2-4-6-16/h2-8,10,14,18,21H,9,11-13H2,1H3,(H,36,39)(H2,32,34,35). The van der Waals surface area contributed by atoms with Crippen LogP contribution in [0.3, 0.4) is 0 Å². The van der Waals surface area contributed by atoms with Gasteiger partial charge in [-0.25, -0.2) is 14.3 Å². The molecule has 0 aliphatic carbocycles. The molecular formula is C27H25F4N7O3. The third-order valence-electron chi connectivity index (χ3n) is 6.93. The fourth-order valence-electron chi connectivity index (χ4n) is 4.79. The smallest absolute Gasteiger partial charge is 0.418 e. The first-order chi connectivity index (χ1) is 19.6. The first-order valence-corrected chi connectivity index (χ1v) is 12.6. The maximum atomic E-state index is 13.9. The number of halogens is 4. The maximum Gasteiger partial charge on any atom is 0.418 e. The van der Waals surface area contributed by atoms with Gasteiger partial charge in [-0.2, -0.15) is 18.3 Å². The van der Waals surface area contributed by atoms with Crippen LogP contribution in [0.2, 0.25) is 0 Å². The Morgan fingerprint density at radius 3 is 2.61 bits per heavy atom. The Morgan fingerprint density at radius 2 is 1.90 bits per heavy atom. The van der Waals surface area contributed by atoms with Gasteiger partial charge in [-0.1, -0.05) is 30.3 Å². The van der Waals surface area contributed by atoms with E-state index in [1.54, 1.807) is 19.1 Å². The number of nitrogen functional groups attached to an aromatic ring is 1. The summed E-state index contributed by atoms with van der Waals surface area (Å²) in [7, 11) is 0. The number of aromatic nitrogens is 4. The number of fused-ring (bicyclic) bond motifs is 1. The molecule has 0 spiro atoms. The fraction of sp³-hybridized carbons (Fsp3) is 0.296. The number of nitrogens with zero attached hydrogens (tertiary/aromatic N) is 5. The highest BCUT2D eigenvalue weighted by Crippen LogP contribution is 2.38. The summed E-state index contributed by atoms with van der Waals surface area (Å²) < 4.78 is 61.4. The van der Waals surface area contributed by atoms with E-state index >= 15 is 0 Å². The number of nitrogens with one attached hydrogen (secondary N) is 1. The topological polar surface area (TPSA) is 128 Å². The summed E-state index contributed by atoms with van der Waals surface area (Å²) in [5.74, 6) is -1.66. The lowest BCUT2D eigenvalue weighted by Gasteiger charge is -2.18. The van der Waals surface area contributed by atoms with Gasteiger partial charge in [0.25, 0.3) is 5.91 Å². The van der Waals surface area contributed by atoms with Crippen molar-refractivity contribution in [2.75, 3.05) is 25.5 Å². The van der Waals surface area contributed by atoms with E-state index in [0.29, 0.717) is 5.69 Å². The van der Waals surface area contributed by atoms with Crippen LogP contribution in [0.25, 0.3) is 16.8 Å². The van der Waals surface area contributed by atoms with Crippen molar-refractivity contribution < 1.29 is 31.9 Å². The normalized spacial score (nSPS) is 17.1. The van der Waals surface area contributed by atoms with E-state index in [0.717, 1.165) is 22.5 Å². The number of aryl methyl sites for hydroxylation is 1. The molecular weight excluding hydrogens is 546 g/mol. The summed E-state index contributed by atoms with van der Waals surface area (Å²) >= 11 is 0. The van der Waals surface area contributed by atoms with Gasteiger partial charge in [0.1, 0.15) is 18.5 Å². The Labute approximate surface area is 231 Å². The molecule has 41 heavy (non-hydrogen) atoms. The number of alkyl halides is 4. The largest absolute Gasteiger partial charge is 0.445 e. The highest BCUT2D eigenvalue weighted by Gasteiger charge is 2.38. The van der Waals surface area contributed by atoms with Gasteiger partial charge in [0.2, 0.25) is 0 Å². The average Bonchev–Trinajstić information content (AvgIpc) is 3.55. The molecule has 1 saturated heterocycles. The van der Waals surface area contributed by atoms with Crippen molar-refractivity contribution in [2.24, 2.45) is 5.92 Å². The number of ether oxygens (including phenoxy) is 1. The summed E-state index contributed by atoms with van der Waals surface area (Å²) in [5.41, 5.74) is 5.60. The van der Waals surface area contributed by atoms with Crippen LogP contribution < -0.4 is 11.1 Å². The van der Waals surface area contributed by atoms with E-state index in [-0.39, 0.29) is 42.3 Å². The van der Waals surface area contributed by atoms with Crippen LogP contribution in [0.1, 0.15) is 27.2 Å². The highest BCUT2D eigenvalue weighted by atomic mass is 19.4. The number of nitrogens with two attached hydrogens (primary N) is 1. The van der Waals surface area contributed by atoms with Crippen molar-refractivity contribution in [1.29, 1.82) is 0 Å². The molecule has 10 nitrogen and oxygen atoms in total. The molecule has 0 bridgehead atoms. The molecule has 14 heteroatoms. The quantitative estimate of drug-likeness (QED) is 0.335. The molecule has 1 aliphatic heterocycles. The number of carbonyl (C=O) groups excluding carboxylic acids is 2. The maximum absolute atomic E-state index is 13.9. The van der Waals surface area contributed by atoms with Crippen LogP contribution in [0.4, 0.5) is 28.2 Å². The van der Waals surface area contributed by atoms with Gasteiger partial charge < -0.3 is 20.7 Å². The Bertz CT molecular complexity index is 1590. The number of likely N-dealkylation sites (tertiary alicyclic amines) is 1. The molecule has 2 atom stereocenters. The molecule has 0 radical (unpaired) electrons. The zero-order chi connectivity index (χ0) is 29.3. The summed E-state index contributed by atoms with van der Waals surface area (Å²) in [6.07, 6.45) is -3.03. The Kier molecular flexibility index (Phi) is 7.47. The molecule has 1 aromatic carbocycles. The van der Waals surface area contributed by atoms with E-state index < -0.39 is 47.9 Å². The summed E-state index contributed by atoms with van der Waals surface area (Å²) in [6, 6.07) is 10.6. The number of rotatable bonds is 6.